The largest absolute Gasteiger partial charge is 0.481 e. The molecule has 5 heterocycles. The number of anilines is 1. The first-order valence-electron chi connectivity index (χ1n) is 11.8. The second-order valence-corrected chi connectivity index (χ2v) is 8.99. The fourth-order valence-corrected chi connectivity index (χ4v) is 4.74. The number of rotatable bonds is 7. The standard InChI is InChI=1S/C25H30N6O3/c1-34-23-5-3-20-24(30-23)19(6-9-26-20)21(32)15-31-10-7-18(8-11-31)27-13-16-12-17-2-4-22(33)29-25(17)28-14-16/h3,5-6,9,12,14,18,21,27,32H,2,4,7-8,10-11,13,15H2,1H3,(H,28,29,33)/t21-/m0/s1. The smallest absolute Gasteiger partial charge is 0.225 e. The van der Waals surface area contributed by atoms with Crippen LogP contribution >= 0.6 is 0 Å². The van der Waals surface area contributed by atoms with Crippen molar-refractivity contribution in [2.75, 3.05) is 32.1 Å². The number of ether oxygens (including phenoxy) is 1. The maximum Gasteiger partial charge on any atom is 0.225 e. The number of carbonyl (C=O) groups excluding carboxylic acids is 1. The minimum atomic E-state index is -0.642. The lowest BCUT2D eigenvalue weighted by Gasteiger charge is -2.33. The highest BCUT2D eigenvalue weighted by molar-refractivity contribution is 5.92. The zero-order valence-electron chi connectivity index (χ0n) is 19.3. The van der Waals surface area contributed by atoms with Gasteiger partial charge in [-0.05, 0) is 61.7 Å². The number of piperidine rings is 1. The van der Waals surface area contributed by atoms with Crippen LogP contribution in [0, 0.1) is 0 Å². The van der Waals surface area contributed by atoms with Crippen LogP contribution in [-0.2, 0) is 17.8 Å². The predicted molar refractivity (Wildman–Crippen MR) is 129 cm³/mol. The number of carbonyl (C=O) groups is 1. The molecule has 1 saturated heterocycles. The zero-order valence-corrected chi connectivity index (χ0v) is 19.3. The molecule has 9 heteroatoms. The number of β-amino-alcohol motifs (C(OH)–C–C–N with tert-alkyl or cyclic N) is 1. The van der Waals surface area contributed by atoms with Gasteiger partial charge in [-0.2, -0.15) is 0 Å². The summed E-state index contributed by atoms with van der Waals surface area (Å²) in [5.74, 6) is 1.25. The van der Waals surface area contributed by atoms with Crippen LogP contribution in [0.15, 0.2) is 36.7 Å². The van der Waals surface area contributed by atoms with Crippen molar-refractivity contribution in [2.45, 2.75) is 44.4 Å². The second kappa shape index (κ2) is 10.0. The van der Waals surface area contributed by atoms with Crippen molar-refractivity contribution in [3.63, 3.8) is 0 Å². The van der Waals surface area contributed by atoms with E-state index in [1.54, 1.807) is 19.4 Å². The Kier molecular flexibility index (Phi) is 6.66. The van der Waals surface area contributed by atoms with Gasteiger partial charge >= 0.3 is 0 Å². The number of aliphatic hydroxyl groups is 1. The van der Waals surface area contributed by atoms with Gasteiger partial charge in [0.05, 0.1) is 24.2 Å². The molecular formula is C25H30N6O3. The van der Waals surface area contributed by atoms with Crippen LogP contribution in [-0.4, -0.2) is 63.7 Å². The van der Waals surface area contributed by atoms with Crippen molar-refractivity contribution in [2.24, 2.45) is 0 Å². The van der Waals surface area contributed by atoms with Crippen molar-refractivity contribution in [3.05, 3.63) is 53.3 Å². The number of amides is 1. The second-order valence-electron chi connectivity index (χ2n) is 8.99. The van der Waals surface area contributed by atoms with E-state index < -0.39 is 6.10 Å². The topological polar surface area (TPSA) is 113 Å². The van der Waals surface area contributed by atoms with Crippen molar-refractivity contribution in [1.82, 2.24) is 25.2 Å². The number of methoxy groups -OCH3 is 1. The maximum absolute atomic E-state index is 11.5. The molecule has 3 N–H and O–H groups in total. The van der Waals surface area contributed by atoms with Crippen LogP contribution < -0.4 is 15.4 Å². The monoisotopic (exact) mass is 462 g/mol. The number of nitrogens with one attached hydrogen (secondary N) is 2. The van der Waals surface area contributed by atoms with Gasteiger partial charge in [0.2, 0.25) is 11.8 Å². The quantitative estimate of drug-likeness (QED) is 0.490. The highest BCUT2D eigenvalue weighted by atomic mass is 16.5. The molecule has 3 aromatic heterocycles. The van der Waals surface area contributed by atoms with Crippen molar-refractivity contribution in [1.29, 1.82) is 0 Å². The summed E-state index contributed by atoms with van der Waals surface area (Å²) in [6.45, 7) is 3.16. The number of aryl methyl sites for hydroxylation is 1. The van der Waals surface area contributed by atoms with Crippen LogP contribution in [0.25, 0.3) is 11.0 Å². The number of likely N-dealkylation sites (tertiary alicyclic amines) is 1. The first-order chi connectivity index (χ1) is 16.6. The first kappa shape index (κ1) is 22.6. The van der Waals surface area contributed by atoms with E-state index in [0.717, 1.165) is 61.1 Å². The van der Waals surface area contributed by atoms with Gasteiger partial charge in [0.15, 0.2) is 0 Å². The van der Waals surface area contributed by atoms with Gasteiger partial charge in [0.1, 0.15) is 5.82 Å². The van der Waals surface area contributed by atoms with E-state index in [1.165, 1.54) is 0 Å². The highest BCUT2D eigenvalue weighted by Gasteiger charge is 2.23. The lowest BCUT2D eigenvalue weighted by molar-refractivity contribution is -0.116. The Balaban J connectivity index is 1.13. The molecule has 0 saturated carbocycles. The van der Waals surface area contributed by atoms with E-state index >= 15 is 0 Å². The molecule has 9 nitrogen and oxygen atoms in total. The zero-order chi connectivity index (χ0) is 23.5. The fourth-order valence-electron chi connectivity index (χ4n) is 4.74. The summed E-state index contributed by atoms with van der Waals surface area (Å²) in [5.41, 5.74) is 4.46. The van der Waals surface area contributed by atoms with Crippen molar-refractivity contribution < 1.29 is 14.6 Å². The average Bonchev–Trinajstić information content (AvgIpc) is 2.87. The maximum atomic E-state index is 11.5. The molecule has 0 aromatic carbocycles. The van der Waals surface area contributed by atoms with Crippen LogP contribution in [0.3, 0.4) is 0 Å². The van der Waals surface area contributed by atoms with E-state index in [0.29, 0.717) is 36.2 Å². The first-order valence-corrected chi connectivity index (χ1v) is 11.8. The third-order valence-electron chi connectivity index (χ3n) is 6.67. The Morgan fingerprint density at radius 1 is 1.24 bits per heavy atom. The van der Waals surface area contributed by atoms with Crippen LogP contribution in [0.5, 0.6) is 5.88 Å². The van der Waals surface area contributed by atoms with Gasteiger partial charge in [0.25, 0.3) is 0 Å². The Morgan fingerprint density at radius 3 is 2.91 bits per heavy atom. The number of aromatic nitrogens is 3. The molecular weight excluding hydrogens is 432 g/mol. The van der Waals surface area contributed by atoms with E-state index in [9.17, 15) is 9.90 Å². The van der Waals surface area contributed by atoms with E-state index in [2.05, 4.69) is 36.6 Å². The number of fused-ring (bicyclic) bond motifs is 2. The van der Waals surface area contributed by atoms with Gasteiger partial charge in [0, 0.05) is 49.6 Å². The number of hydrogen-bond acceptors (Lipinski definition) is 8. The molecule has 1 atom stereocenters. The van der Waals surface area contributed by atoms with Gasteiger partial charge in [-0.25, -0.2) is 9.97 Å². The van der Waals surface area contributed by atoms with Gasteiger partial charge in [-0.3, -0.25) is 9.78 Å². The third kappa shape index (κ3) is 5.01. The number of pyridine rings is 3. The average molecular weight is 463 g/mol. The molecule has 0 radical (unpaired) electrons. The number of hydrogen-bond donors (Lipinski definition) is 3. The molecule has 3 aromatic rings. The summed E-state index contributed by atoms with van der Waals surface area (Å²) in [6.07, 6.45) is 6.22. The molecule has 2 aliphatic heterocycles. The summed E-state index contributed by atoms with van der Waals surface area (Å²) in [6, 6.07) is 8.05. The Labute approximate surface area is 198 Å². The molecule has 178 valence electrons. The van der Waals surface area contributed by atoms with Crippen LogP contribution in [0.1, 0.15) is 42.1 Å². The van der Waals surface area contributed by atoms with Crippen LogP contribution in [0.4, 0.5) is 5.82 Å². The molecule has 34 heavy (non-hydrogen) atoms. The lowest BCUT2D eigenvalue weighted by Crippen LogP contribution is -2.43. The molecule has 0 unspecified atom stereocenters. The number of aliphatic hydroxyl groups excluding tert-OH is 1. The Bertz CT molecular complexity index is 1180. The van der Waals surface area contributed by atoms with Crippen molar-refractivity contribution in [3.8, 4) is 5.88 Å². The summed E-state index contributed by atoms with van der Waals surface area (Å²) < 4.78 is 5.25. The van der Waals surface area contributed by atoms with Crippen LogP contribution in [0.2, 0.25) is 0 Å². The predicted octanol–water partition coefficient (Wildman–Crippen LogP) is 2.21. The fraction of sp³-hybridized carbons (Fsp3) is 0.440. The molecule has 0 spiro atoms. The molecule has 5 rings (SSSR count). The molecule has 0 aliphatic carbocycles. The van der Waals surface area contributed by atoms with E-state index in [4.69, 9.17) is 4.74 Å². The third-order valence-corrected chi connectivity index (χ3v) is 6.67. The van der Waals surface area contributed by atoms with Gasteiger partial charge in [-0.15, -0.1) is 0 Å². The normalized spacial score (nSPS) is 17.9. The summed E-state index contributed by atoms with van der Waals surface area (Å²) >= 11 is 0. The highest BCUT2D eigenvalue weighted by Crippen LogP contribution is 2.25. The Hall–Kier alpha value is -3.14. The molecule has 1 amide bonds. The summed E-state index contributed by atoms with van der Waals surface area (Å²) in [4.78, 5) is 27.1. The summed E-state index contributed by atoms with van der Waals surface area (Å²) in [7, 11) is 1.58. The van der Waals surface area contributed by atoms with Gasteiger partial charge < -0.3 is 25.4 Å². The minimum absolute atomic E-state index is 0.0378. The molecule has 1 fully saturated rings. The Morgan fingerprint density at radius 2 is 2.09 bits per heavy atom. The van der Waals surface area contributed by atoms with Gasteiger partial charge in [-0.1, -0.05) is 0 Å². The molecule has 2 aliphatic rings. The lowest BCUT2D eigenvalue weighted by atomic mass is 10.0. The molecule has 0 bridgehead atoms. The number of nitrogens with zero attached hydrogens (tertiary/aromatic N) is 4. The van der Waals surface area contributed by atoms with E-state index in [1.807, 2.05) is 18.3 Å². The van der Waals surface area contributed by atoms with Crippen molar-refractivity contribution >= 4 is 22.8 Å². The van der Waals surface area contributed by atoms with E-state index in [-0.39, 0.29) is 5.91 Å². The summed E-state index contributed by atoms with van der Waals surface area (Å²) in [5, 5.41) is 17.4. The minimum Gasteiger partial charge on any atom is -0.481 e. The SMILES string of the molecule is COc1ccc2nccc([C@@H](O)CN3CCC(NCc4cnc5c(c4)CCC(=O)N5)CC3)c2n1.